The van der Waals surface area contributed by atoms with Gasteiger partial charge in [0.15, 0.2) is 0 Å². The van der Waals surface area contributed by atoms with Crippen LogP contribution in [0.4, 0.5) is 11.4 Å². The number of aromatic nitrogens is 1. The smallest absolute Gasteiger partial charge is 0.258 e. The number of nitrogens with one attached hydrogen (secondary N) is 2. The summed E-state index contributed by atoms with van der Waals surface area (Å²) in [7, 11) is 1.55. The third kappa shape index (κ3) is 3.19. The summed E-state index contributed by atoms with van der Waals surface area (Å²) < 4.78 is 5.36. The number of carbonyl (C=O) groups excluding carboxylic acids is 1. The molecule has 0 saturated carbocycles. The fourth-order valence-electron chi connectivity index (χ4n) is 2.53. The number of carbonyl (C=O) groups is 1. The van der Waals surface area contributed by atoms with Gasteiger partial charge in [-0.3, -0.25) is 15.6 Å². The Morgan fingerprint density at radius 3 is 2.48 bits per heavy atom. The number of halogens is 2. The van der Waals surface area contributed by atoms with E-state index >= 15 is 0 Å². The molecule has 8 heteroatoms. The Labute approximate surface area is 153 Å². The van der Waals surface area contributed by atoms with Crippen molar-refractivity contribution in [3.05, 3.63) is 58.2 Å². The van der Waals surface area contributed by atoms with Crippen molar-refractivity contribution in [2.75, 3.05) is 17.9 Å². The Morgan fingerprint density at radius 1 is 1.12 bits per heavy atom. The number of rotatable bonds is 4. The lowest BCUT2D eigenvalue weighted by Crippen LogP contribution is -2.14. The Kier molecular flexibility index (Phi) is 4.94. The van der Waals surface area contributed by atoms with Gasteiger partial charge in [-0.1, -0.05) is 29.3 Å². The van der Waals surface area contributed by atoms with E-state index in [2.05, 4.69) is 15.7 Å². The lowest BCUT2D eigenvalue weighted by molar-refractivity contribution is 0.102. The summed E-state index contributed by atoms with van der Waals surface area (Å²) >= 11 is 12.2. The van der Waals surface area contributed by atoms with Gasteiger partial charge < -0.3 is 15.5 Å². The molecule has 0 bridgehead atoms. The number of fused-ring (bicyclic) bond motifs is 1. The fourth-order valence-corrected chi connectivity index (χ4v) is 3.10. The number of hydrogen-bond acceptors (Lipinski definition) is 5. The molecule has 1 amide bonds. The number of nitrogens with zero attached hydrogens (tertiary/aromatic N) is 1. The first-order chi connectivity index (χ1) is 12.1. The molecule has 1 aromatic heterocycles. The summed E-state index contributed by atoms with van der Waals surface area (Å²) in [5, 5.41) is 3.97. The average Bonchev–Trinajstić information content (AvgIpc) is 2.61. The van der Waals surface area contributed by atoms with E-state index in [0.717, 1.165) is 0 Å². The van der Waals surface area contributed by atoms with Crippen molar-refractivity contribution >= 4 is 51.4 Å². The van der Waals surface area contributed by atoms with Crippen LogP contribution in [-0.4, -0.2) is 18.0 Å². The number of amides is 1. The standard InChI is InChI=1S/C17H14Cl2N4O2/c1-25-13-6-5-12(16-15(13)11(23-20)7-8-21-16)22-17(24)14-9(18)3-2-4-10(14)19/h2-8H,20H2,1H3,(H,21,23)(H,22,24). The van der Waals surface area contributed by atoms with Crippen LogP contribution in [0.1, 0.15) is 10.4 Å². The maximum absolute atomic E-state index is 12.6. The fraction of sp³-hybridized carbons (Fsp3) is 0.0588. The third-order valence-electron chi connectivity index (χ3n) is 3.67. The molecule has 0 saturated heterocycles. The first-order valence-electron chi connectivity index (χ1n) is 7.24. The molecule has 0 spiro atoms. The number of ether oxygens (including phenoxy) is 1. The predicted octanol–water partition coefficient (Wildman–Crippen LogP) is 4.09. The quantitative estimate of drug-likeness (QED) is 0.471. The molecule has 128 valence electrons. The summed E-state index contributed by atoms with van der Waals surface area (Å²) in [6, 6.07) is 9.99. The van der Waals surface area contributed by atoms with Crippen molar-refractivity contribution < 1.29 is 9.53 Å². The Balaban J connectivity index is 2.10. The first kappa shape index (κ1) is 17.3. The summed E-state index contributed by atoms with van der Waals surface area (Å²) in [5.41, 5.74) is 4.42. The average molecular weight is 377 g/mol. The minimum Gasteiger partial charge on any atom is -0.496 e. The number of nitrogen functional groups attached to an aromatic ring is 1. The van der Waals surface area contributed by atoms with Crippen LogP contribution in [-0.2, 0) is 0 Å². The number of nitrogens with two attached hydrogens (primary N) is 1. The topological polar surface area (TPSA) is 89.3 Å². The Morgan fingerprint density at radius 2 is 1.84 bits per heavy atom. The molecule has 6 nitrogen and oxygen atoms in total. The molecule has 0 radical (unpaired) electrons. The highest BCUT2D eigenvalue weighted by Crippen LogP contribution is 2.35. The number of methoxy groups -OCH3 is 1. The van der Waals surface area contributed by atoms with Gasteiger partial charge in [-0.25, -0.2) is 0 Å². The van der Waals surface area contributed by atoms with Gasteiger partial charge in [0.05, 0.1) is 45.0 Å². The predicted molar refractivity (Wildman–Crippen MR) is 101 cm³/mol. The zero-order valence-electron chi connectivity index (χ0n) is 13.1. The normalized spacial score (nSPS) is 10.6. The van der Waals surface area contributed by atoms with Gasteiger partial charge in [0.2, 0.25) is 0 Å². The van der Waals surface area contributed by atoms with Crippen LogP contribution in [0.15, 0.2) is 42.6 Å². The van der Waals surface area contributed by atoms with Crippen molar-refractivity contribution in [3.63, 3.8) is 0 Å². The lowest BCUT2D eigenvalue weighted by atomic mass is 10.1. The van der Waals surface area contributed by atoms with Gasteiger partial charge in [-0.05, 0) is 30.3 Å². The third-order valence-corrected chi connectivity index (χ3v) is 4.30. The first-order valence-corrected chi connectivity index (χ1v) is 8.00. The second-order valence-electron chi connectivity index (χ2n) is 5.09. The van der Waals surface area contributed by atoms with Crippen LogP contribution in [0.5, 0.6) is 5.75 Å². The molecule has 25 heavy (non-hydrogen) atoms. The van der Waals surface area contributed by atoms with Gasteiger partial charge in [0.1, 0.15) is 5.75 Å². The largest absolute Gasteiger partial charge is 0.496 e. The summed E-state index contributed by atoms with van der Waals surface area (Å²) in [5.74, 6) is 5.70. The number of anilines is 2. The van der Waals surface area contributed by atoms with Gasteiger partial charge >= 0.3 is 0 Å². The molecule has 4 N–H and O–H groups in total. The van der Waals surface area contributed by atoms with Crippen LogP contribution < -0.4 is 21.3 Å². The van der Waals surface area contributed by atoms with E-state index in [1.807, 2.05) is 0 Å². The molecular weight excluding hydrogens is 363 g/mol. The van der Waals surface area contributed by atoms with E-state index in [9.17, 15) is 4.79 Å². The molecule has 3 aromatic rings. The molecular formula is C17H14Cl2N4O2. The highest BCUT2D eigenvalue weighted by Gasteiger charge is 2.18. The SMILES string of the molecule is COc1ccc(NC(=O)c2c(Cl)cccc2Cl)c2nccc(NN)c12. The van der Waals surface area contributed by atoms with E-state index in [1.165, 1.54) is 0 Å². The summed E-state index contributed by atoms with van der Waals surface area (Å²) in [4.78, 5) is 17.0. The molecule has 0 fully saturated rings. The zero-order chi connectivity index (χ0) is 18.0. The van der Waals surface area contributed by atoms with Crippen molar-refractivity contribution in [1.29, 1.82) is 0 Å². The van der Waals surface area contributed by atoms with Crippen molar-refractivity contribution in [2.24, 2.45) is 5.84 Å². The van der Waals surface area contributed by atoms with Crippen molar-refractivity contribution in [2.45, 2.75) is 0 Å². The number of hydrogen-bond donors (Lipinski definition) is 3. The number of pyridine rings is 1. The van der Waals surface area contributed by atoms with E-state index in [1.54, 1.807) is 49.7 Å². The van der Waals surface area contributed by atoms with Crippen molar-refractivity contribution in [1.82, 2.24) is 4.98 Å². The summed E-state index contributed by atoms with van der Waals surface area (Å²) in [6.07, 6.45) is 1.58. The number of hydrazine groups is 1. The van der Waals surface area contributed by atoms with Crippen LogP contribution >= 0.6 is 23.2 Å². The summed E-state index contributed by atoms with van der Waals surface area (Å²) in [6.45, 7) is 0. The van der Waals surface area contributed by atoms with Gasteiger partial charge in [-0.2, -0.15) is 0 Å². The highest BCUT2D eigenvalue weighted by molar-refractivity contribution is 6.40. The van der Waals surface area contributed by atoms with Crippen LogP contribution in [0.25, 0.3) is 10.9 Å². The minimum absolute atomic E-state index is 0.197. The molecule has 0 atom stereocenters. The second kappa shape index (κ2) is 7.14. The highest BCUT2D eigenvalue weighted by atomic mass is 35.5. The van der Waals surface area contributed by atoms with Gasteiger partial charge in [0.25, 0.3) is 5.91 Å². The second-order valence-corrected chi connectivity index (χ2v) is 5.91. The monoisotopic (exact) mass is 376 g/mol. The van der Waals surface area contributed by atoms with Crippen LogP contribution in [0, 0.1) is 0 Å². The van der Waals surface area contributed by atoms with E-state index in [0.29, 0.717) is 28.0 Å². The maximum Gasteiger partial charge on any atom is 0.258 e. The Hall–Kier alpha value is -2.54. The molecule has 0 unspecified atom stereocenters. The van der Waals surface area contributed by atoms with Crippen LogP contribution in [0.2, 0.25) is 10.0 Å². The molecule has 3 rings (SSSR count). The van der Waals surface area contributed by atoms with E-state index in [-0.39, 0.29) is 15.6 Å². The van der Waals surface area contributed by atoms with E-state index in [4.69, 9.17) is 33.8 Å². The zero-order valence-corrected chi connectivity index (χ0v) is 14.7. The van der Waals surface area contributed by atoms with Crippen LogP contribution in [0.3, 0.4) is 0 Å². The minimum atomic E-state index is -0.435. The number of benzene rings is 2. The molecule has 1 heterocycles. The Bertz CT molecular complexity index is 932. The lowest BCUT2D eigenvalue weighted by Gasteiger charge is -2.14. The van der Waals surface area contributed by atoms with Crippen molar-refractivity contribution in [3.8, 4) is 5.75 Å². The molecule has 0 aliphatic heterocycles. The molecule has 0 aliphatic carbocycles. The van der Waals surface area contributed by atoms with Gasteiger partial charge in [-0.15, -0.1) is 0 Å². The van der Waals surface area contributed by atoms with Gasteiger partial charge in [0, 0.05) is 6.20 Å². The molecule has 2 aromatic carbocycles. The maximum atomic E-state index is 12.6. The molecule has 0 aliphatic rings. The van der Waals surface area contributed by atoms with E-state index < -0.39 is 5.91 Å².